The molecule has 1 aromatic heterocycles. The van der Waals surface area contributed by atoms with Gasteiger partial charge in [-0.15, -0.1) is 10.2 Å². The van der Waals surface area contributed by atoms with Crippen LogP contribution in [0.15, 0.2) is 4.99 Å². The first kappa shape index (κ1) is 14.5. The van der Waals surface area contributed by atoms with Crippen LogP contribution in [0.1, 0.15) is 38.8 Å². The lowest BCUT2D eigenvalue weighted by atomic mass is 10.3. The van der Waals surface area contributed by atoms with Crippen LogP contribution in [0.5, 0.6) is 0 Å². The van der Waals surface area contributed by atoms with Crippen LogP contribution in [0.2, 0.25) is 0 Å². The van der Waals surface area contributed by atoms with Gasteiger partial charge in [-0.1, -0.05) is 6.92 Å². The summed E-state index contributed by atoms with van der Waals surface area (Å²) in [7, 11) is 1.95. The van der Waals surface area contributed by atoms with Crippen LogP contribution < -0.4 is 10.6 Å². The van der Waals surface area contributed by atoms with Gasteiger partial charge in [-0.2, -0.15) is 0 Å². The highest BCUT2D eigenvalue weighted by molar-refractivity contribution is 5.79. The minimum Gasteiger partial charge on any atom is -0.357 e. The van der Waals surface area contributed by atoms with Gasteiger partial charge >= 0.3 is 0 Å². The Morgan fingerprint density at radius 2 is 2.11 bits per heavy atom. The van der Waals surface area contributed by atoms with Crippen LogP contribution in [-0.4, -0.2) is 33.3 Å². The molecule has 6 heteroatoms. The number of aliphatic imine (C=N–C) groups is 1. The van der Waals surface area contributed by atoms with Gasteiger partial charge in [0.2, 0.25) is 0 Å². The fraction of sp³-hybridized carbons (Fsp3) is 0.750. The molecule has 1 heterocycles. The number of hydrogen-bond donors (Lipinski definition) is 2. The van der Waals surface area contributed by atoms with E-state index in [1.165, 1.54) is 0 Å². The van der Waals surface area contributed by atoms with Gasteiger partial charge in [0.15, 0.2) is 11.8 Å². The predicted octanol–water partition coefficient (Wildman–Crippen LogP) is 0.977. The molecule has 0 saturated carbocycles. The van der Waals surface area contributed by atoms with Gasteiger partial charge in [0, 0.05) is 19.6 Å². The first-order chi connectivity index (χ1) is 8.58. The summed E-state index contributed by atoms with van der Waals surface area (Å²) in [6.07, 6.45) is 1.06. The highest BCUT2D eigenvalue weighted by atomic mass is 15.3. The molecule has 0 bridgehead atoms. The van der Waals surface area contributed by atoms with Gasteiger partial charge < -0.3 is 15.2 Å². The van der Waals surface area contributed by atoms with Crippen LogP contribution in [-0.2, 0) is 13.6 Å². The maximum absolute atomic E-state index is 4.52. The average molecular weight is 252 g/mol. The van der Waals surface area contributed by atoms with Gasteiger partial charge in [-0.3, -0.25) is 0 Å². The molecule has 1 aromatic rings. The van der Waals surface area contributed by atoms with E-state index in [0.717, 1.165) is 30.6 Å². The van der Waals surface area contributed by atoms with Crippen molar-refractivity contribution in [3.8, 4) is 0 Å². The van der Waals surface area contributed by atoms with Crippen molar-refractivity contribution in [3.63, 3.8) is 0 Å². The molecule has 0 aromatic carbocycles. The molecule has 18 heavy (non-hydrogen) atoms. The molecule has 0 aliphatic carbocycles. The average Bonchev–Trinajstić information content (AvgIpc) is 2.67. The van der Waals surface area contributed by atoms with E-state index in [2.05, 4.69) is 46.6 Å². The summed E-state index contributed by atoms with van der Waals surface area (Å²) in [6.45, 7) is 9.65. The summed E-state index contributed by atoms with van der Waals surface area (Å²) in [5.74, 6) is 2.60. The minimum absolute atomic E-state index is 0.407. The quantitative estimate of drug-likeness (QED) is 0.605. The Kier molecular flexibility index (Phi) is 5.61. The third-order valence-corrected chi connectivity index (χ3v) is 2.90. The lowest BCUT2D eigenvalue weighted by Crippen LogP contribution is -2.42. The standard InChI is InChI=1S/C12H24N6/c1-6-9(3)15-12(13-7-2)14-8-11-17-16-10(4)18(11)5/h9H,6-8H2,1-5H3,(H2,13,14,15). The summed E-state index contributed by atoms with van der Waals surface area (Å²) in [5.41, 5.74) is 0. The van der Waals surface area contributed by atoms with E-state index in [9.17, 15) is 0 Å². The van der Waals surface area contributed by atoms with Crippen LogP contribution in [0.3, 0.4) is 0 Å². The number of guanidine groups is 1. The molecule has 6 nitrogen and oxygen atoms in total. The van der Waals surface area contributed by atoms with E-state index in [1.807, 2.05) is 18.5 Å². The SMILES string of the molecule is CCNC(=NCc1nnc(C)n1C)NC(C)CC. The summed E-state index contributed by atoms with van der Waals surface area (Å²) >= 11 is 0. The smallest absolute Gasteiger partial charge is 0.191 e. The molecule has 0 fully saturated rings. The summed E-state index contributed by atoms with van der Waals surface area (Å²) in [6, 6.07) is 0.407. The molecule has 0 saturated heterocycles. The molecular weight excluding hydrogens is 228 g/mol. The second-order valence-electron chi connectivity index (χ2n) is 4.37. The monoisotopic (exact) mass is 252 g/mol. The summed E-state index contributed by atoms with van der Waals surface area (Å²) in [4.78, 5) is 4.52. The van der Waals surface area contributed by atoms with Gasteiger partial charge in [0.05, 0.1) is 0 Å². The second kappa shape index (κ2) is 6.98. The Balaban J connectivity index is 2.67. The number of nitrogens with one attached hydrogen (secondary N) is 2. The van der Waals surface area contributed by atoms with Crippen molar-refractivity contribution in [1.82, 2.24) is 25.4 Å². The largest absolute Gasteiger partial charge is 0.357 e. The van der Waals surface area contributed by atoms with Crippen molar-refractivity contribution in [2.45, 2.75) is 46.7 Å². The number of nitrogens with zero attached hydrogens (tertiary/aromatic N) is 4. The van der Waals surface area contributed by atoms with Crippen LogP contribution in [0, 0.1) is 6.92 Å². The van der Waals surface area contributed by atoms with Crippen molar-refractivity contribution in [3.05, 3.63) is 11.6 Å². The molecule has 1 atom stereocenters. The third-order valence-electron chi connectivity index (χ3n) is 2.90. The van der Waals surface area contributed by atoms with E-state index in [1.54, 1.807) is 0 Å². The molecule has 0 aliphatic rings. The van der Waals surface area contributed by atoms with Gasteiger partial charge in [-0.05, 0) is 27.2 Å². The zero-order chi connectivity index (χ0) is 13.5. The Bertz CT molecular complexity index is 395. The predicted molar refractivity (Wildman–Crippen MR) is 73.4 cm³/mol. The fourth-order valence-corrected chi connectivity index (χ4v) is 1.39. The van der Waals surface area contributed by atoms with E-state index < -0.39 is 0 Å². The zero-order valence-electron chi connectivity index (χ0n) is 12.0. The number of aromatic nitrogens is 3. The molecule has 1 unspecified atom stereocenters. The van der Waals surface area contributed by atoms with Crippen LogP contribution in [0.25, 0.3) is 0 Å². The van der Waals surface area contributed by atoms with Crippen molar-refractivity contribution in [1.29, 1.82) is 0 Å². The molecule has 0 spiro atoms. The molecule has 1 rings (SSSR count). The van der Waals surface area contributed by atoms with Crippen molar-refractivity contribution >= 4 is 5.96 Å². The molecule has 0 amide bonds. The Morgan fingerprint density at radius 1 is 1.39 bits per heavy atom. The van der Waals surface area contributed by atoms with Gasteiger partial charge in [0.1, 0.15) is 12.4 Å². The fourth-order valence-electron chi connectivity index (χ4n) is 1.39. The van der Waals surface area contributed by atoms with Crippen molar-refractivity contribution < 1.29 is 0 Å². The maximum Gasteiger partial charge on any atom is 0.191 e. The Labute approximate surface area is 109 Å². The number of rotatable bonds is 5. The van der Waals surface area contributed by atoms with E-state index in [4.69, 9.17) is 0 Å². The highest BCUT2D eigenvalue weighted by Crippen LogP contribution is 1.99. The highest BCUT2D eigenvalue weighted by Gasteiger charge is 2.06. The lowest BCUT2D eigenvalue weighted by molar-refractivity contribution is 0.623. The molecule has 0 radical (unpaired) electrons. The molecule has 0 aliphatic heterocycles. The van der Waals surface area contributed by atoms with Gasteiger partial charge in [0.25, 0.3) is 0 Å². The number of aryl methyl sites for hydroxylation is 1. The lowest BCUT2D eigenvalue weighted by Gasteiger charge is -2.16. The molecular formula is C12H24N6. The van der Waals surface area contributed by atoms with E-state index >= 15 is 0 Å². The normalized spacial score (nSPS) is 13.5. The summed E-state index contributed by atoms with van der Waals surface area (Å²) < 4.78 is 1.95. The Hall–Kier alpha value is -1.59. The Morgan fingerprint density at radius 3 is 2.61 bits per heavy atom. The van der Waals surface area contributed by atoms with Crippen molar-refractivity contribution in [2.75, 3.05) is 6.54 Å². The maximum atomic E-state index is 4.52. The molecule has 102 valence electrons. The van der Waals surface area contributed by atoms with Crippen LogP contribution in [0.4, 0.5) is 0 Å². The first-order valence-corrected chi connectivity index (χ1v) is 6.48. The first-order valence-electron chi connectivity index (χ1n) is 6.48. The number of hydrogen-bond acceptors (Lipinski definition) is 3. The van der Waals surface area contributed by atoms with Gasteiger partial charge in [-0.25, -0.2) is 4.99 Å². The third kappa shape index (κ3) is 4.01. The van der Waals surface area contributed by atoms with E-state index in [0.29, 0.717) is 12.6 Å². The topological polar surface area (TPSA) is 67.1 Å². The zero-order valence-corrected chi connectivity index (χ0v) is 12.0. The second-order valence-corrected chi connectivity index (χ2v) is 4.37. The minimum atomic E-state index is 0.407. The molecule has 2 N–H and O–H groups in total. The van der Waals surface area contributed by atoms with E-state index in [-0.39, 0.29) is 0 Å². The summed E-state index contributed by atoms with van der Waals surface area (Å²) in [5, 5.41) is 14.7. The van der Waals surface area contributed by atoms with Crippen LogP contribution >= 0.6 is 0 Å². The van der Waals surface area contributed by atoms with Crippen molar-refractivity contribution in [2.24, 2.45) is 12.0 Å².